The Hall–Kier alpha value is -2.86. The Kier molecular flexibility index (Phi) is 6.31. The van der Waals surface area contributed by atoms with Gasteiger partial charge in [-0.3, -0.25) is 14.5 Å². The number of nitrogens with one attached hydrogen (secondary N) is 1. The fourth-order valence-corrected chi connectivity index (χ4v) is 4.00. The van der Waals surface area contributed by atoms with Crippen LogP contribution in [-0.4, -0.2) is 33.7 Å². The molecule has 144 valence electrons. The normalized spacial score (nSPS) is 17.8. The van der Waals surface area contributed by atoms with Crippen LogP contribution in [0, 0.1) is 13.8 Å². The number of hydrogen-bond acceptors (Lipinski definition) is 4. The van der Waals surface area contributed by atoms with E-state index in [4.69, 9.17) is 0 Å². The Balaban J connectivity index is 1.74. The van der Waals surface area contributed by atoms with Crippen molar-refractivity contribution in [3.05, 3.63) is 72.3 Å². The molecule has 0 aliphatic carbocycles. The largest absolute Gasteiger partial charge is 0.326 e. The minimum Gasteiger partial charge on any atom is -0.326 e. The van der Waals surface area contributed by atoms with Gasteiger partial charge in [-0.25, -0.2) is 4.99 Å². The van der Waals surface area contributed by atoms with Gasteiger partial charge in [0.1, 0.15) is 5.25 Å². The van der Waals surface area contributed by atoms with Crippen molar-refractivity contribution in [1.29, 1.82) is 0 Å². The number of carbonyl (C=O) groups is 2. The molecule has 1 aliphatic heterocycles. The van der Waals surface area contributed by atoms with Crippen LogP contribution < -0.4 is 5.32 Å². The molecule has 28 heavy (non-hydrogen) atoms. The third kappa shape index (κ3) is 4.70. The molecule has 0 unspecified atom stereocenters. The third-order valence-corrected chi connectivity index (χ3v) is 5.56. The first-order valence-corrected chi connectivity index (χ1v) is 9.95. The number of carbonyl (C=O) groups excluding carboxylic acids is 2. The predicted molar refractivity (Wildman–Crippen MR) is 116 cm³/mol. The van der Waals surface area contributed by atoms with Gasteiger partial charge in [0.2, 0.25) is 11.8 Å². The SMILES string of the molecule is C=CCN1C(=O)[C@@H](CC(=O)Nc2ccccc2C)SC1=Nc1ccc(C)cc1. The molecule has 0 aromatic heterocycles. The Bertz CT molecular complexity index is 922. The average molecular weight is 394 g/mol. The van der Waals surface area contributed by atoms with E-state index in [1.165, 1.54) is 11.8 Å². The smallest absolute Gasteiger partial charge is 0.242 e. The molecule has 0 saturated carbocycles. The molecule has 5 nitrogen and oxygen atoms in total. The highest BCUT2D eigenvalue weighted by Gasteiger charge is 2.38. The lowest BCUT2D eigenvalue weighted by molar-refractivity contribution is -0.127. The summed E-state index contributed by atoms with van der Waals surface area (Å²) in [5.41, 5.74) is 3.67. The van der Waals surface area contributed by atoms with Crippen molar-refractivity contribution in [3.8, 4) is 0 Å². The summed E-state index contributed by atoms with van der Waals surface area (Å²) in [6, 6.07) is 15.4. The maximum absolute atomic E-state index is 12.8. The number of rotatable bonds is 6. The number of aryl methyl sites for hydroxylation is 2. The summed E-state index contributed by atoms with van der Waals surface area (Å²) in [6.07, 6.45) is 1.76. The van der Waals surface area contributed by atoms with Crippen LogP contribution >= 0.6 is 11.8 Å². The minimum absolute atomic E-state index is 0.0956. The summed E-state index contributed by atoms with van der Waals surface area (Å²) in [5.74, 6) is -0.300. The summed E-state index contributed by atoms with van der Waals surface area (Å²) in [7, 11) is 0. The molecule has 1 aliphatic rings. The number of aliphatic imine (C=N–C) groups is 1. The van der Waals surface area contributed by atoms with Gasteiger partial charge in [0.25, 0.3) is 0 Å². The van der Waals surface area contributed by atoms with Crippen molar-refractivity contribution >= 4 is 40.1 Å². The highest BCUT2D eigenvalue weighted by molar-refractivity contribution is 8.15. The van der Waals surface area contributed by atoms with Crippen LogP contribution in [0.25, 0.3) is 0 Å². The van der Waals surface area contributed by atoms with E-state index in [2.05, 4.69) is 16.9 Å². The zero-order chi connectivity index (χ0) is 20.1. The molecule has 0 bridgehead atoms. The van der Waals surface area contributed by atoms with Crippen molar-refractivity contribution in [3.63, 3.8) is 0 Å². The lowest BCUT2D eigenvalue weighted by Gasteiger charge is -2.14. The molecule has 1 fully saturated rings. The monoisotopic (exact) mass is 393 g/mol. The second-order valence-electron chi connectivity index (χ2n) is 6.64. The van der Waals surface area contributed by atoms with Crippen molar-refractivity contribution in [2.75, 3.05) is 11.9 Å². The van der Waals surface area contributed by atoms with Gasteiger partial charge in [0, 0.05) is 18.7 Å². The maximum Gasteiger partial charge on any atom is 0.242 e. The van der Waals surface area contributed by atoms with Crippen LogP contribution in [0.3, 0.4) is 0 Å². The van der Waals surface area contributed by atoms with Gasteiger partial charge < -0.3 is 5.32 Å². The second-order valence-corrected chi connectivity index (χ2v) is 7.81. The van der Waals surface area contributed by atoms with Gasteiger partial charge in [0.15, 0.2) is 5.17 Å². The van der Waals surface area contributed by atoms with Crippen molar-refractivity contribution in [1.82, 2.24) is 4.90 Å². The molecule has 6 heteroatoms. The van der Waals surface area contributed by atoms with Crippen LogP contribution in [0.5, 0.6) is 0 Å². The molecule has 2 aromatic carbocycles. The number of benzene rings is 2. The zero-order valence-electron chi connectivity index (χ0n) is 16.0. The predicted octanol–water partition coefficient (Wildman–Crippen LogP) is 4.45. The van der Waals surface area contributed by atoms with E-state index in [0.29, 0.717) is 11.7 Å². The number of amidine groups is 1. The molecule has 0 radical (unpaired) electrons. The minimum atomic E-state index is -0.492. The van der Waals surface area contributed by atoms with Gasteiger partial charge in [-0.05, 0) is 37.6 Å². The highest BCUT2D eigenvalue weighted by Crippen LogP contribution is 2.32. The second kappa shape index (κ2) is 8.89. The quantitative estimate of drug-likeness (QED) is 0.738. The Morgan fingerprint density at radius 2 is 1.93 bits per heavy atom. The van der Waals surface area contributed by atoms with Crippen LogP contribution in [-0.2, 0) is 9.59 Å². The first-order valence-electron chi connectivity index (χ1n) is 9.07. The lowest BCUT2D eigenvalue weighted by atomic mass is 10.2. The molecule has 2 aromatic rings. The van der Waals surface area contributed by atoms with Crippen molar-refractivity contribution in [2.24, 2.45) is 4.99 Å². The molecule has 1 saturated heterocycles. The fourth-order valence-electron chi connectivity index (χ4n) is 2.83. The number of amides is 2. The molecular weight excluding hydrogens is 370 g/mol. The van der Waals surface area contributed by atoms with E-state index in [0.717, 1.165) is 22.5 Å². The Morgan fingerprint density at radius 3 is 2.61 bits per heavy atom. The summed E-state index contributed by atoms with van der Waals surface area (Å²) in [6.45, 7) is 8.04. The highest BCUT2D eigenvalue weighted by atomic mass is 32.2. The van der Waals surface area contributed by atoms with Gasteiger partial charge in [-0.2, -0.15) is 0 Å². The van der Waals surface area contributed by atoms with Gasteiger partial charge in [-0.15, -0.1) is 6.58 Å². The third-order valence-electron chi connectivity index (χ3n) is 4.38. The Labute approximate surface area is 169 Å². The number of hydrogen-bond donors (Lipinski definition) is 1. The van der Waals surface area contributed by atoms with Crippen LogP contribution in [0.15, 0.2) is 66.2 Å². The topological polar surface area (TPSA) is 61.8 Å². The summed E-state index contributed by atoms with van der Waals surface area (Å²) < 4.78 is 0. The molecule has 0 spiro atoms. The van der Waals surface area contributed by atoms with Gasteiger partial charge in [-0.1, -0.05) is 53.7 Å². The van der Waals surface area contributed by atoms with E-state index in [1.54, 1.807) is 11.0 Å². The number of anilines is 1. The summed E-state index contributed by atoms with van der Waals surface area (Å²) in [4.78, 5) is 31.5. The van der Waals surface area contributed by atoms with Crippen LogP contribution in [0.2, 0.25) is 0 Å². The van der Waals surface area contributed by atoms with E-state index in [1.807, 2.05) is 62.4 Å². The Morgan fingerprint density at radius 1 is 1.21 bits per heavy atom. The standard InChI is InChI=1S/C22H23N3O2S/c1-4-13-25-21(27)19(14-20(26)24-18-8-6-5-7-16(18)3)28-22(25)23-17-11-9-15(2)10-12-17/h4-12,19H,1,13-14H2,2-3H3,(H,24,26)/t19-/m1/s1. The zero-order valence-corrected chi connectivity index (χ0v) is 16.8. The number of thioether (sulfide) groups is 1. The lowest BCUT2D eigenvalue weighted by Crippen LogP contribution is -2.33. The maximum atomic E-state index is 12.8. The fraction of sp³-hybridized carbons (Fsp3) is 0.227. The van der Waals surface area contributed by atoms with E-state index < -0.39 is 5.25 Å². The molecule has 1 heterocycles. The molecule has 2 amide bonds. The number of nitrogens with zero attached hydrogens (tertiary/aromatic N) is 2. The molecular formula is C22H23N3O2S. The van der Waals surface area contributed by atoms with E-state index in [9.17, 15) is 9.59 Å². The van der Waals surface area contributed by atoms with E-state index >= 15 is 0 Å². The van der Waals surface area contributed by atoms with Crippen molar-refractivity contribution < 1.29 is 9.59 Å². The summed E-state index contributed by atoms with van der Waals surface area (Å²) >= 11 is 1.33. The van der Waals surface area contributed by atoms with Gasteiger partial charge in [0.05, 0.1) is 5.69 Å². The van der Waals surface area contributed by atoms with Gasteiger partial charge >= 0.3 is 0 Å². The summed E-state index contributed by atoms with van der Waals surface area (Å²) in [5, 5.41) is 3.00. The number of para-hydroxylation sites is 1. The van der Waals surface area contributed by atoms with Crippen molar-refractivity contribution in [2.45, 2.75) is 25.5 Å². The first kappa shape index (κ1) is 19.9. The first-order chi connectivity index (χ1) is 13.5. The molecule has 1 atom stereocenters. The van der Waals surface area contributed by atoms with E-state index in [-0.39, 0.29) is 18.2 Å². The van der Waals surface area contributed by atoms with Crippen LogP contribution in [0.4, 0.5) is 11.4 Å². The van der Waals surface area contributed by atoms with Crippen LogP contribution in [0.1, 0.15) is 17.5 Å². The molecule has 1 N–H and O–H groups in total. The average Bonchev–Trinajstić information content (AvgIpc) is 2.94. The molecule has 3 rings (SSSR count).